The molecular weight excluding hydrogens is 297 g/mol. The van der Waals surface area contributed by atoms with Gasteiger partial charge in [0, 0.05) is 6.54 Å². The van der Waals surface area contributed by atoms with Crippen LogP contribution >= 0.6 is 0 Å². The molecule has 0 atom stereocenters. The Morgan fingerprint density at radius 3 is 2.25 bits per heavy atom. The second-order valence-corrected chi connectivity index (χ2v) is 7.03. The second kappa shape index (κ2) is 7.94. The Labute approximate surface area is 145 Å². The Morgan fingerprint density at radius 1 is 0.917 bits per heavy atom. The molecule has 0 heterocycles. The first kappa shape index (κ1) is 17.2. The number of halogens is 1. The molecule has 0 bridgehead atoms. The Balaban J connectivity index is 1.48. The quantitative estimate of drug-likeness (QED) is 0.589. The maximum Gasteiger partial charge on any atom is 0.136 e. The summed E-state index contributed by atoms with van der Waals surface area (Å²) in [6, 6.07) is 18.9. The standard InChI is InChI=1S/C22H28FN/c1-2-16-24(18-20-7-4-3-5-8-20)17-6-9-19-10-12-21(13-11-19)22(23)14-15-22/h3-5,7-8,10-13H,2,6,9,14-18H2,1H3. The first-order valence-corrected chi connectivity index (χ1v) is 9.24. The fourth-order valence-electron chi connectivity index (χ4n) is 3.30. The predicted octanol–water partition coefficient (Wildman–Crippen LogP) is 5.49. The van der Waals surface area contributed by atoms with Crippen molar-refractivity contribution in [3.05, 3.63) is 71.3 Å². The van der Waals surface area contributed by atoms with Gasteiger partial charge in [0.2, 0.25) is 0 Å². The van der Waals surface area contributed by atoms with Crippen LogP contribution in [0, 0.1) is 0 Å². The van der Waals surface area contributed by atoms with Gasteiger partial charge in [0.15, 0.2) is 0 Å². The number of hydrogen-bond acceptors (Lipinski definition) is 1. The van der Waals surface area contributed by atoms with Gasteiger partial charge in [-0.25, -0.2) is 4.39 Å². The third kappa shape index (κ3) is 4.67. The summed E-state index contributed by atoms with van der Waals surface area (Å²) in [6.07, 6.45) is 4.78. The van der Waals surface area contributed by atoms with E-state index in [0.717, 1.165) is 38.0 Å². The SMILES string of the molecule is CCCN(CCCc1ccc(C2(F)CC2)cc1)Cc1ccccc1. The van der Waals surface area contributed by atoms with E-state index in [1.807, 2.05) is 12.1 Å². The molecule has 0 amide bonds. The molecule has 0 aromatic heterocycles. The average molecular weight is 325 g/mol. The number of aryl methyl sites for hydroxylation is 1. The normalized spacial score (nSPS) is 15.6. The van der Waals surface area contributed by atoms with Gasteiger partial charge in [0.1, 0.15) is 5.67 Å². The van der Waals surface area contributed by atoms with Crippen LogP contribution in [-0.4, -0.2) is 18.0 Å². The van der Waals surface area contributed by atoms with Crippen molar-refractivity contribution in [2.24, 2.45) is 0 Å². The van der Waals surface area contributed by atoms with Gasteiger partial charge in [-0.1, -0.05) is 61.5 Å². The number of benzene rings is 2. The van der Waals surface area contributed by atoms with E-state index in [4.69, 9.17) is 0 Å². The molecule has 0 spiro atoms. The van der Waals surface area contributed by atoms with E-state index in [-0.39, 0.29) is 0 Å². The molecule has 2 heteroatoms. The highest BCUT2D eigenvalue weighted by Gasteiger charge is 2.44. The molecule has 1 nitrogen and oxygen atoms in total. The monoisotopic (exact) mass is 325 g/mol. The molecule has 1 aliphatic rings. The van der Waals surface area contributed by atoms with Gasteiger partial charge in [-0.2, -0.15) is 0 Å². The van der Waals surface area contributed by atoms with Gasteiger partial charge in [-0.3, -0.25) is 4.90 Å². The maximum atomic E-state index is 14.0. The van der Waals surface area contributed by atoms with E-state index < -0.39 is 5.67 Å². The third-order valence-corrected chi connectivity index (χ3v) is 4.89. The van der Waals surface area contributed by atoms with Crippen molar-refractivity contribution in [3.63, 3.8) is 0 Å². The lowest BCUT2D eigenvalue weighted by molar-refractivity contribution is 0.262. The fourth-order valence-corrected chi connectivity index (χ4v) is 3.30. The Kier molecular flexibility index (Phi) is 5.68. The van der Waals surface area contributed by atoms with Crippen molar-refractivity contribution < 1.29 is 4.39 Å². The molecule has 0 aliphatic heterocycles. The largest absolute Gasteiger partial charge is 0.299 e. The first-order chi connectivity index (χ1) is 11.7. The molecule has 0 radical (unpaired) electrons. The van der Waals surface area contributed by atoms with E-state index in [1.54, 1.807) is 0 Å². The fraction of sp³-hybridized carbons (Fsp3) is 0.455. The van der Waals surface area contributed by atoms with Crippen LogP contribution in [0.25, 0.3) is 0 Å². The number of rotatable bonds is 9. The molecule has 2 aromatic carbocycles. The summed E-state index contributed by atoms with van der Waals surface area (Å²) in [5.41, 5.74) is 2.56. The van der Waals surface area contributed by atoms with Crippen molar-refractivity contribution in [2.45, 2.75) is 51.2 Å². The van der Waals surface area contributed by atoms with Crippen molar-refractivity contribution >= 4 is 0 Å². The number of alkyl halides is 1. The summed E-state index contributed by atoms with van der Waals surface area (Å²) in [4.78, 5) is 2.53. The molecule has 1 saturated carbocycles. The lowest BCUT2D eigenvalue weighted by Crippen LogP contribution is -2.25. The highest BCUT2D eigenvalue weighted by atomic mass is 19.1. The summed E-state index contributed by atoms with van der Waals surface area (Å²) in [6.45, 7) is 5.51. The van der Waals surface area contributed by atoms with Gasteiger partial charge in [0.25, 0.3) is 0 Å². The van der Waals surface area contributed by atoms with Crippen LogP contribution in [-0.2, 0) is 18.6 Å². The topological polar surface area (TPSA) is 3.24 Å². The summed E-state index contributed by atoms with van der Waals surface area (Å²) in [7, 11) is 0. The molecule has 128 valence electrons. The summed E-state index contributed by atoms with van der Waals surface area (Å²) >= 11 is 0. The zero-order valence-electron chi connectivity index (χ0n) is 14.7. The first-order valence-electron chi connectivity index (χ1n) is 9.24. The Hall–Kier alpha value is -1.67. The Morgan fingerprint density at radius 2 is 1.62 bits per heavy atom. The van der Waals surface area contributed by atoms with Crippen LogP contribution in [0.2, 0.25) is 0 Å². The van der Waals surface area contributed by atoms with Crippen LogP contribution < -0.4 is 0 Å². The molecule has 24 heavy (non-hydrogen) atoms. The zero-order valence-corrected chi connectivity index (χ0v) is 14.7. The zero-order chi connectivity index (χ0) is 16.8. The van der Waals surface area contributed by atoms with Gasteiger partial charge in [-0.15, -0.1) is 0 Å². The van der Waals surface area contributed by atoms with Crippen LogP contribution in [0.15, 0.2) is 54.6 Å². The highest BCUT2D eigenvalue weighted by molar-refractivity contribution is 5.30. The summed E-state index contributed by atoms with van der Waals surface area (Å²) in [5, 5.41) is 0. The molecule has 3 rings (SSSR count). The molecular formula is C22H28FN. The molecule has 2 aromatic rings. The van der Waals surface area contributed by atoms with Crippen molar-refractivity contribution in [2.75, 3.05) is 13.1 Å². The van der Waals surface area contributed by atoms with E-state index in [9.17, 15) is 4.39 Å². The van der Waals surface area contributed by atoms with Gasteiger partial charge >= 0.3 is 0 Å². The van der Waals surface area contributed by atoms with E-state index >= 15 is 0 Å². The highest BCUT2D eigenvalue weighted by Crippen LogP contribution is 2.49. The van der Waals surface area contributed by atoms with E-state index in [0.29, 0.717) is 12.8 Å². The molecule has 0 saturated heterocycles. The van der Waals surface area contributed by atoms with Crippen LogP contribution in [0.1, 0.15) is 49.3 Å². The van der Waals surface area contributed by atoms with E-state index in [2.05, 4.69) is 54.3 Å². The number of nitrogens with zero attached hydrogens (tertiary/aromatic N) is 1. The minimum Gasteiger partial charge on any atom is -0.299 e. The second-order valence-electron chi connectivity index (χ2n) is 7.03. The lowest BCUT2D eigenvalue weighted by Gasteiger charge is -2.21. The summed E-state index contributed by atoms with van der Waals surface area (Å²) in [5.74, 6) is 0. The van der Waals surface area contributed by atoms with Crippen LogP contribution in [0.4, 0.5) is 4.39 Å². The van der Waals surface area contributed by atoms with Crippen molar-refractivity contribution in [3.8, 4) is 0 Å². The van der Waals surface area contributed by atoms with E-state index in [1.165, 1.54) is 17.5 Å². The molecule has 1 fully saturated rings. The minimum absolute atomic E-state index is 0.692. The molecule has 0 N–H and O–H groups in total. The van der Waals surface area contributed by atoms with Gasteiger partial charge < -0.3 is 0 Å². The van der Waals surface area contributed by atoms with Crippen molar-refractivity contribution in [1.82, 2.24) is 4.90 Å². The third-order valence-electron chi connectivity index (χ3n) is 4.89. The van der Waals surface area contributed by atoms with Gasteiger partial charge in [-0.05, 0) is 61.9 Å². The van der Waals surface area contributed by atoms with Crippen LogP contribution in [0.3, 0.4) is 0 Å². The van der Waals surface area contributed by atoms with Crippen LogP contribution in [0.5, 0.6) is 0 Å². The molecule has 1 aliphatic carbocycles. The average Bonchev–Trinajstić information content (AvgIpc) is 3.35. The predicted molar refractivity (Wildman–Crippen MR) is 98.8 cm³/mol. The minimum atomic E-state index is -1.01. The smallest absolute Gasteiger partial charge is 0.136 e. The number of hydrogen-bond donors (Lipinski definition) is 0. The van der Waals surface area contributed by atoms with Crippen molar-refractivity contribution in [1.29, 1.82) is 0 Å². The summed E-state index contributed by atoms with van der Waals surface area (Å²) < 4.78 is 14.0. The maximum absolute atomic E-state index is 14.0. The lowest BCUT2D eigenvalue weighted by atomic mass is 10.0. The van der Waals surface area contributed by atoms with Gasteiger partial charge in [0.05, 0.1) is 0 Å². The Bertz CT molecular complexity index is 616. The molecule has 0 unspecified atom stereocenters.